The first kappa shape index (κ1) is 14.0. The topological polar surface area (TPSA) is 45.2 Å². The lowest BCUT2D eigenvalue weighted by molar-refractivity contribution is 0.225. The predicted molar refractivity (Wildman–Crippen MR) is 72.8 cm³/mol. The number of amides is 2. The van der Waals surface area contributed by atoms with Crippen LogP contribution >= 0.6 is 11.5 Å². The van der Waals surface area contributed by atoms with Gasteiger partial charge in [-0.25, -0.2) is 4.79 Å². The summed E-state index contributed by atoms with van der Waals surface area (Å²) in [5, 5.41) is 3.69. The molecule has 4 nitrogen and oxygen atoms in total. The number of nitrogens with one attached hydrogen (secondary N) is 1. The van der Waals surface area contributed by atoms with Crippen LogP contribution in [0.2, 0.25) is 0 Å². The second-order valence-corrected chi connectivity index (χ2v) is 4.88. The summed E-state index contributed by atoms with van der Waals surface area (Å²) in [6.45, 7) is 6.97. The normalized spacial score (nSPS) is 10.6. The van der Waals surface area contributed by atoms with Crippen LogP contribution in [0.3, 0.4) is 0 Å². The van der Waals surface area contributed by atoms with Crippen LogP contribution in [0.1, 0.15) is 45.2 Å². The van der Waals surface area contributed by atoms with Crippen molar-refractivity contribution in [3.63, 3.8) is 0 Å². The van der Waals surface area contributed by atoms with Gasteiger partial charge in [-0.1, -0.05) is 13.8 Å². The zero-order valence-electron chi connectivity index (χ0n) is 11.0. The van der Waals surface area contributed by atoms with Crippen LogP contribution in [-0.4, -0.2) is 28.9 Å². The van der Waals surface area contributed by atoms with Crippen molar-refractivity contribution in [3.05, 3.63) is 11.8 Å². The van der Waals surface area contributed by atoms with Gasteiger partial charge in [0.25, 0.3) is 0 Å². The Morgan fingerprint density at radius 2 is 2.12 bits per heavy atom. The average Bonchev–Trinajstić information content (AvgIpc) is 2.78. The van der Waals surface area contributed by atoms with Gasteiger partial charge >= 0.3 is 6.03 Å². The molecule has 1 aromatic rings. The molecule has 0 saturated carbocycles. The quantitative estimate of drug-likeness (QED) is 0.874. The van der Waals surface area contributed by atoms with Crippen molar-refractivity contribution < 1.29 is 4.79 Å². The third-order valence-electron chi connectivity index (χ3n) is 2.98. The molecule has 1 heterocycles. The highest BCUT2D eigenvalue weighted by atomic mass is 32.1. The largest absolute Gasteiger partial charge is 0.328 e. The lowest BCUT2D eigenvalue weighted by Crippen LogP contribution is -2.30. The SMILES string of the molecule is CCC(CC)c1cc(NC(=O)N(C)CC)sn1. The van der Waals surface area contributed by atoms with E-state index in [9.17, 15) is 4.79 Å². The zero-order valence-corrected chi connectivity index (χ0v) is 11.8. The highest BCUT2D eigenvalue weighted by Gasteiger charge is 2.13. The number of aromatic nitrogens is 1. The molecule has 0 aromatic carbocycles. The summed E-state index contributed by atoms with van der Waals surface area (Å²) in [5.41, 5.74) is 1.09. The van der Waals surface area contributed by atoms with Gasteiger partial charge in [0.2, 0.25) is 0 Å². The van der Waals surface area contributed by atoms with Crippen molar-refractivity contribution in [2.24, 2.45) is 0 Å². The first-order chi connectivity index (χ1) is 8.12. The Morgan fingerprint density at radius 3 is 2.65 bits per heavy atom. The molecule has 0 unspecified atom stereocenters. The Kier molecular flexibility index (Phi) is 5.41. The number of urea groups is 1. The molecule has 0 fully saturated rings. The zero-order chi connectivity index (χ0) is 12.8. The molecule has 0 bridgehead atoms. The fourth-order valence-electron chi connectivity index (χ4n) is 1.59. The van der Waals surface area contributed by atoms with E-state index in [1.807, 2.05) is 13.0 Å². The van der Waals surface area contributed by atoms with E-state index in [1.165, 1.54) is 11.5 Å². The molecule has 0 spiro atoms. The Balaban J connectivity index is 2.65. The van der Waals surface area contributed by atoms with E-state index in [-0.39, 0.29) is 6.03 Å². The van der Waals surface area contributed by atoms with E-state index in [0.717, 1.165) is 23.5 Å². The molecule has 17 heavy (non-hydrogen) atoms. The number of hydrogen-bond acceptors (Lipinski definition) is 3. The summed E-state index contributed by atoms with van der Waals surface area (Å²) < 4.78 is 4.40. The van der Waals surface area contributed by atoms with Crippen LogP contribution in [0, 0.1) is 0 Å². The van der Waals surface area contributed by atoms with Crippen LogP contribution in [-0.2, 0) is 0 Å². The van der Waals surface area contributed by atoms with Crippen LogP contribution in [0.5, 0.6) is 0 Å². The van der Waals surface area contributed by atoms with Crippen molar-refractivity contribution in [3.8, 4) is 0 Å². The number of carbonyl (C=O) groups is 1. The standard InChI is InChI=1S/C12H21N3OS/c1-5-9(6-2)10-8-11(17-14-10)13-12(16)15(4)7-3/h8-9H,5-7H2,1-4H3,(H,13,16). The van der Waals surface area contributed by atoms with Crippen LogP contribution in [0.15, 0.2) is 6.07 Å². The van der Waals surface area contributed by atoms with Crippen LogP contribution in [0.25, 0.3) is 0 Å². The van der Waals surface area contributed by atoms with Gasteiger partial charge in [-0.2, -0.15) is 4.37 Å². The number of anilines is 1. The van der Waals surface area contributed by atoms with E-state index in [2.05, 4.69) is 23.5 Å². The Bertz CT molecular complexity index is 360. The second-order valence-electron chi connectivity index (χ2n) is 4.07. The molecular weight excluding hydrogens is 234 g/mol. The van der Waals surface area contributed by atoms with Gasteiger partial charge in [-0.15, -0.1) is 0 Å². The molecule has 96 valence electrons. The summed E-state index contributed by atoms with van der Waals surface area (Å²) in [4.78, 5) is 13.3. The Hall–Kier alpha value is -1.10. The number of nitrogens with zero attached hydrogens (tertiary/aromatic N) is 2. The fourth-order valence-corrected chi connectivity index (χ4v) is 2.30. The van der Waals surface area contributed by atoms with Gasteiger partial charge in [0.1, 0.15) is 5.00 Å². The van der Waals surface area contributed by atoms with E-state index < -0.39 is 0 Å². The molecule has 2 amide bonds. The number of rotatable bonds is 5. The summed E-state index contributed by atoms with van der Waals surface area (Å²) in [7, 11) is 1.78. The van der Waals surface area contributed by atoms with Crippen LogP contribution in [0.4, 0.5) is 9.80 Å². The lowest BCUT2D eigenvalue weighted by atomic mass is 10.00. The molecule has 0 aliphatic carbocycles. The fraction of sp³-hybridized carbons (Fsp3) is 0.667. The smallest absolute Gasteiger partial charge is 0.322 e. The van der Waals surface area contributed by atoms with Gasteiger partial charge in [-0.3, -0.25) is 5.32 Å². The molecular formula is C12H21N3OS. The third-order valence-corrected chi connectivity index (χ3v) is 3.70. The highest BCUT2D eigenvalue weighted by molar-refractivity contribution is 7.10. The Morgan fingerprint density at radius 1 is 1.47 bits per heavy atom. The minimum atomic E-state index is -0.0766. The number of carbonyl (C=O) groups excluding carboxylic acids is 1. The van der Waals surface area contributed by atoms with Gasteiger partial charge in [0.05, 0.1) is 5.69 Å². The van der Waals surface area contributed by atoms with E-state index >= 15 is 0 Å². The summed E-state index contributed by atoms with van der Waals surface area (Å²) in [6.07, 6.45) is 2.17. The van der Waals surface area contributed by atoms with E-state index in [1.54, 1.807) is 11.9 Å². The van der Waals surface area contributed by atoms with Crippen molar-refractivity contribution in [2.45, 2.75) is 39.5 Å². The summed E-state index contributed by atoms with van der Waals surface area (Å²) >= 11 is 1.36. The van der Waals surface area contributed by atoms with E-state index in [4.69, 9.17) is 0 Å². The van der Waals surface area contributed by atoms with E-state index in [0.29, 0.717) is 12.5 Å². The maximum absolute atomic E-state index is 11.7. The van der Waals surface area contributed by atoms with Gasteiger partial charge in [0, 0.05) is 19.5 Å². The first-order valence-electron chi connectivity index (χ1n) is 6.11. The van der Waals surface area contributed by atoms with Crippen molar-refractivity contribution in [1.29, 1.82) is 0 Å². The lowest BCUT2D eigenvalue weighted by Gasteiger charge is -2.14. The van der Waals surface area contributed by atoms with Crippen molar-refractivity contribution in [1.82, 2.24) is 9.27 Å². The van der Waals surface area contributed by atoms with Gasteiger partial charge < -0.3 is 4.90 Å². The van der Waals surface area contributed by atoms with Crippen molar-refractivity contribution >= 4 is 22.6 Å². The molecule has 1 N–H and O–H groups in total. The molecule has 0 aliphatic heterocycles. The summed E-state index contributed by atoms with van der Waals surface area (Å²) in [5.74, 6) is 0.501. The second kappa shape index (κ2) is 6.59. The molecule has 1 rings (SSSR count). The number of hydrogen-bond donors (Lipinski definition) is 1. The maximum atomic E-state index is 11.7. The van der Waals surface area contributed by atoms with Gasteiger partial charge in [0.15, 0.2) is 0 Å². The minimum Gasteiger partial charge on any atom is -0.328 e. The molecule has 0 aliphatic rings. The maximum Gasteiger partial charge on any atom is 0.322 e. The molecule has 0 radical (unpaired) electrons. The predicted octanol–water partition coefficient (Wildman–Crippen LogP) is 3.53. The summed E-state index contributed by atoms with van der Waals surface area (Å²) in [6, 6.07) is 1.91. The third kappa shape index (κ3) is 3.70. The average molecular weight is 255 g/mol. The van der Waals surface area contributed by atoms with Crippen molar-refractivity contribution in [2.75, 3.05) is 18.9 Å². The molecule has 5 heteroatoms. The molecule has 0 atom stereocenters. The van der Waals surface area contributed by atoms with Crippen LogP contribution < -0.4 is 5.32 Å². The monoisotopic (exact) mass is 255 g/mol. The minimum absolute atomic E-state index is 0.0766. The Labute approximate surface area is 107 Å². The first-order valence-corrected chi connectivity index (χ1v) is 6.88. The molecule has 1 aromatic heterocycles. The van der Waals surface area contributed by atoms with Gasteiger partial charge in [-0.05, 0) is 37.4 Å². The highest BCUT2D eigenvalue weighted by Crippen LogP contribution is 2.27. The molecule has 0 saturated heterocycles.